The van der Waals surface area contributed by atoms with Crippen molar-refractivity contribution in [1.29, 1.82) is 0 Å². The summed E-state index contributed by atoms with van der Waals surface area (Å²) in [7, 11) is 3.09. The Morgan fingerprint density at radius 3 is 2.52 bits per heavy atom. The lowest BCUT2D eigenvalue weighted by molar-refractivity contribution is -0.139. The quantitative estimate of drug-likeness (QED) is 0.217. The number of carboxylic acid groups (broad SMARTS) is 1. The summed E-state index contributed by atoms with van der Waals surface area (Å²) in [4.78, 5) is 44.1. The highest BCUT2D eigenvalue weighted by Crippen LogP contribution is 2.34. The molecule has 238 valence electrons. The molecule has 11 heteroatoms. The van der Waals surface area contributed by atoms with Gasteiger partial charge in [0.15, 0.2) is 16.3 Å². The number of aromatic nitrogens is 1. The number of rotatable bonds is 12. The number of thiazole rings is 1. The first-order chi connectivity index (χ1) is 22.3. The first kappa shape index (κ1) is 32.2. The van der Waals surface area contributed by atoms with Gasteiger partial charge in [-0.1, -0.05) is 55.0 Å². The van der Waals surface area contributed by atoms with E-state index in [1.165, 1.54) is 24.5 Å². The number of fused-ring (bicyclic) bond motifs is 1. The fraction of sp³-hybridized carbons (Fsp3) is 0.257. The van der Waals surface area contributed by atoms with Crippen LogP contribution >= 0.6 is 11.3 Å². The van der Waals surface area contributed by atoms with Gasteiger partial charge < -0.3 is 24.1 Å². The number of carbonyl (C=O) groups is 2. The number of carbonyl (C=O) groups excluding carboxylic acids is 1. The first-order valence-corrected chi connectivity index (χ1v) is 15.6. The Balaban J connectivity index is 1.56. The van der Waals surface area contributed by atoms with E-state index in [-0.39, 0.29) is 24.3 Å². The van der Waals surface area contributed by atoms with Gasteiger partial charge in [-0.25, -0.2) is 14.6 Å². The van der Waals surface area contributed by atoms with Crippen LogP contribution in [0.15, 0.2) is 87.8 Å². The molecule has 1 aliphatic rings. The summed E-state index contributed by atoms with van der Waals surface area (Å²) in [5, 5.41) is 9.27. The molecule has 0 saturated heterocycles. The van der Waals surface area contributed by atoms with Crippen molar-refractivity contribution in [3.05, 3.63) is 120 Å². The minimum absolute atomic E-state index is 0.141. The molecule has 1 atom stereocenters. The number of carboxylic acids is 1. The molecular weight excluding hydrogens is 608 g/mol. The topological polar surface area (TPSA) is 126 Å². The van der Waals surface area contributed by atoms with Gasteiger partial charge in [-0.3, -0.25) is 9.36 Å². The van der Waals surface area contributed by atoms with Crippen molar-refractivity contribution in [2.75, 3.05) is 20.8 Å². The van der Waals surface area contributed by atoms with Gasteiger partial charge in [0.25, 0.3) is 5.56 Å². The van der Waals surface area contributed by atoms with Crippen molar-refractivity contribution in [2.24, 2.45) is 4.99 Å². The van der Waals surface area contributed by atoms with E-state index >= 15 is 0 Å². The largest absolute Gasteiger partial charge is 0.497 e. The summed E-state index contributed by atoms with van der Waals surface area (Å²) < 4.78 is 24.4. The number of esters is 1. The third kappa shape index (κ3) is 6.74. The van der Waals surface area contributed by atoms with E-state index in [2.05, 4.69) is 0 Å². The minimum atomic E-state index is -1.01. The molecule has 3 aromatic carbocycles. The van der Waals surface area contributed by atoms with E-state index in [0.29, 0.717) is 61.0 Å². The maximum atomic E-state index is 14.1. The smallest absolute Gasteiger partial charge is 0.338 e. The van der Waals surface area contributed by atoms with E-state index < -0.39 is 18.0 Å². The third-order valence-electron chi connectivity index (χ3n) is 7.36. The second kappa shape index (κ2) is 14.3. The zero-order chi connectivity index (χ0) is 32.8. The number of nitrogens with zero attached hydrogens (tertiary/aromatic N) is 2. The maximum absolute atomic E-state index is 14.1. The zero-order valence-electron chi connectivity index (χ0n) is 25.9. The van der Waals surface area contributed by atoms with Crippen molar-refractivity contribution in [3.8, 4) is 17.2 Å². The van der Waals surface area contributed by atoms with Crippen LogP contribution in [0.1, 0.15) is 59.8 Å². The van der Waals surface area contributed by atoms with Crippen LogP contribution in [0, 0.1) is 0 Å². The summed E-state index contributed by atoms with van der Waals surface area (Å²) in [5.41, 5.74) is 2.91. The van der Waals surface area contributed by atoms with E-state index in [1.54, 1.807) is 61.1 Å². The zero-order valence-corrected chi connectivity index (χ0v) is 26.8. The van der Waals surface area contributed by atoms with Crippen molar-refractivity contribution in [2.45, 2.75) is 39.3 Å². The lowest BCUT2D eigenvalue weighted by Gasteiger charge is -2.26. The van der Waals surface area contributed by atoms with Gasteiger partial charge in [-0.15, -0.1) is 0 Å². The standard InChI is InChI=1S/C35H34N2O8S/c1-5-9-26-30(34(41)44-6-2)31(23-11-8-13-25(19-23)42-3)37-32(38)29(46-35(37)36-26)18-21-14-15-27(28(17-21)43-4)45-20-22-10-7-12-24(16-22)33(39)40/h7-8,10-19,31H,5-6,9,20H2,1-4H3,(H,39,40)/b29-18-/t31-/m1/s1. The summed E-state index contributed by atoms with van der Waals surface area (Å²) in [6, 6.07) is 18.4. The van der Waals surface area contributed by atoms with Crippen LogP contribution in [0.3, 0.4) is 0 Å². The molecule has 0 aliphatic carbocycles. The Morgan fingerprint density at radius 2 is 1.80 bits per heavy atom. The number of aromatic carboxylic acids is 1. The van der Waals surface area contributed by atoms with E-state index in [1.807, 2.05) is 31.2 Å². The number of allylic oxidation sites excluding steroid dienone is 1. The fourth-order valence-electron chi connectivity index (χ4n) is 5.25. The van der Waals surface area contributed by atoms with Gasteiger partial charge in [0.2, 0.25) is 0 Å². The lowest BCUT2D eigenvalue weighted by atomic mass is 9.94. The molecule has 5 rings (SSSR count). The van der Waals surface area contributed by atoms with Crippen molar-refractivity contribution < 1.29 is 33.6 Å². The molecule has 4 aromatic rings. The second-order valence-corrected chi connectivity index (χ2v) is 11.4. The molecule has 2 heterocycles. The number of ether oxygens (including phenoxy) is 4. The van der Waals surface area contributed by atoms with Gasteiger partial charge in [0.05, 0.1) is 48.2 Å². The molecule has 1 aliphatic heterocycles. The molecule has 0 unspecified atom stereocenters. The van der Waals surface area contributed by atoms with Crippen LogP contribution in [-0.2, 0) is 16.1 Å². The number of methoxy groups -OCH3 is 2. The fourth-order valence-corrected chi connectivity index (χ4v) is 6.27. The highest BCUT2D eigenvalue weighted by atomic mass is 32.1. The molecule has 0 bridgehead atoms. The second-order valence-electron chi connectivity index (χ2n) is 10.4. The summed E-state index contributed by atoms with van der Waals surface area (Å²) in [6.07, 6.45) is 3.04. The van der Waals surface area contributed by atoms with Crippen molar-refractivity contribution in [3.63, 3.8) is 0 Å². The lowest BCUT2D eigenvalue weighted by Crippen LogP contribution is -2.40. The predicted octanol–water partition coefficient (Wildman–Crippen LogP) is 4.87. The van der Waals surface area contributed by atoms with Gasteiger partial charge in [0.1, 0.15) is 12.4 Å². The maximum Gasteiger partial charge on any atom is 0.338 e. The van der Waals surface area contributed by atoms with Crippen LogP contribution < -0.4 is 29.1 Å². The molecule has 10 nitrogen and oxygen atoms in total. The Morgan fingerprint density at radius 1 is 1.00 bits per heavy atom. The Labute approximate surface area is 269 Å². The van der Waals surface area contributed by atoms with Crippen LogP contribution in [0.5, 0.6) is 17.2 Å². The number of hydrogen-bond donors (Lipinski definition) is 1. The minimum Gasteiger partial charge on any atom is -0.497 e. The molecule has 1 aromatic heterocycles. The molecule has 0 fully saturated rings. The van der Waals surface area contributed by atoms with E-state index in [0.717, 1.165) is 6.42 Å². The SMILES string of the molecule is CCCC1=C(C(=O)OCC)[C@@H](c2cccc(OC)c2)n2c(s/c(=C\c3ccc(OCc4cccc(C(=O)O)c4)c(OC)c3)c2=O)=N1. The summed E-state index contributed by atoms with van der Waals surface area (Å²) in [6.45, 7) is 4.08. The monoisotopic (exact) mass is 642 g/mol. The average Bonchev–Trinajstić information content (AvgIpc) is 3.37. The normalized spacial score (nSPS) is 14.3. The van der Waals surface area contributed by atoms with Gasteiger partial charge in [-0.2, -0.15) is 0 Å². The van der Waals surface area contributed by atoms with Crippen LogP contribution in [0.25, 0.3) is 6.08 Å². The third-order valence-corrected chi connectivity index (χ3v) is 8.34. The molecule has 0 spiro atoms. The van der Waals surface area contributed by atoms with Crippen LogP contribution in [0.4, 0.5) is 0 Å². The Kier molecular flexibility index (Phi) is 10.0. The van der Waals surface area contributed by atoms with Crippen molar-refractivity contribution >= 4 is 29.4 Å². The molecule has 0 amide bonds. The Hall–Kier alpha value is -5.16. The predicted molar refractivity (Wildman–Crippen MR) is 173 cm³/mol. The summed E-state index contributed by atoms with van der Waals surface area (Å²) in [5.74, 6) is -0.0154. The van der Waals surface area contributed by atoms with Gasteiger partial charge >= 0.3 is 11.9 Å². The molecular formula is C35H34N2O8S. The highest BCUT2D eigenvalue weighted by molar-refractivity contribution is 7.07. The number of benzene rings is 3. The molecule has 46 heavy (non-hydrogen) atoms. The van der Waals surface area contributed by atoms with Gasteiger partial charge in [0, 0.05) is 0 Å². The Bertz CT molecular complexity index is 1990. The highest BCUT2D eigenvalue weighted by Gasteiger charge is 2.34. The molecule has 0 radical (unpaired) electrons. The number of hydrogen-bond acceptors (Lipinski definition) is 9. The van der Waals surface area contributed by atoms with Crippen LogP contribution in [0.2, 0.25) is 0 Å². The van der Waals surface area contributed by atoms with E-state index in [4.69, 9.17) is 23.9 Å². The molecule has 0 saturated carbocycles. The van der Waals surface area contributed by atoms with E-state index in [9.17, 15) is 19.5 Å². The van der Waals surface area contributed by atoms with Crippen molar-refractivity contribution in [1.82, 2.24) is 4.57 Å². The summed E-state index contributed by atoms with van der Waals surface area (Å²) >= 11 is 1.24. The first-order valence-electron chi connectivity index (χ1n) is 14.8. The van der Waals surface area contributed by atoms with Gasteiger partial charge in [-0.05, 0) is 72.5 Å². The van der Waals surface area contributed by atoms with Crippen LogP contribution in [-0.4, -0.2) is 42.4 Å². The average molecular weight is 643 g/mol. The molecule has 1 N–H and O–H groups in total.